The summed E-state index contributed by atoms with van der Waals surface area (Å²) >= 11 is 0. The Labute approximate surface area is 250 Å². The second kappa shape index (κ2) is 25.6. The fourth-order valence-corrected chi connectivity index (χ4v) is 4.49. The van der Waals surface area contributed by atoms with Gasteiger partial charge in [-0.15, -0.1) is 0 Å². The molecule has 0 spiro atoms. The standard InChI is InChI=1S/C17H20O.C16H26.3C2H6/c1-12-8-9-15(14(3)10-12)11-17(18)16-7-5-4-6-13(16)2;1-4-5-6-7-8-9-10-16-12-11-14(2)15(3)13-16;3*1-2/h5,7-10H,4,6,11H2,1-3H3;11-13H,4-10H2,1-3H3;3*1-2H3. The Morgan fingerprint density at radius 2 is 1.32 bits per heavy atom. The molecular weight excluding hydrogens is 484 g/mol. The predicted octanol–water partition coefficient (Wildman–Crippen LogP) is 12.4. The van der Waals surface area contributed by atoms with Gasteiger partial charge in [0, 0.05) is 12.0 Å². The number of allylic oxidation sites excluding steroid dienone is 4. The Kier molecular flexibility index (Phi) is 25.4. The molecule has 2 aromatic carbocycles. The lowest BCUT2D eigenvalue weighted by molar-refractivity contribution is -0.114. The molecule has 2 aromatic rings. The van der Waals surface area contributed by atoms with E-state index < -0.39 is 0 Å². The van der Waals surface area contributed by atoms with Crippen molar-refractivity contribution in [2.45, 2.75) is 147 Å². The molecule has 1 aliphatic carbocycles. The molecule has 0 saturated heterocycles. The lowest BCUT2D eigenvalue weighted by Crippen LogP contribution is -2.09. The molecule has 3 rings (SSSR count). The Morgan fingerprint density at radius 3 is 1.90 bits per heavy atom. The van der Waals surface area contributed by atoms with Crippen LogP contribution >= 0.6 is 0 Å². The summed E-state index contributed by atoms with van der Waals surface area (Å²) in [6.07, 6.45) is 16.3. The second-order valence-electron chi connectivity index (χ2n) is 10.1. The van der Waals surface area contributed by atoms with Crippen molar-refractivity contribution in [1.82, 2.24) is 0 Å². The zero-order valence-electron chi connectivity index (χ0n) is 28.6. The fraction of sp³-hybridized carbons (Fsp3) is 0.564. The number of unbranched alkanes of at least 4 members (excludes halogenated alkanes) is 5. The van der Waals surface area contributed by atoms with E-state index in [0.29, 0.717) is 6.42 Å². The zero-order valence-corrected chi connectivity index (χ0v) is 28.6. The van der Waals surface area contributed by atoms with E-state index >= 15 is 0 Å². The largest absolute Gasteiger partial charge is 0.294 e. The minimum absolute atomic E-state index is 0.246. The maximum atomic E-state index is 12.3. The number of Topliss-reactive ketones (excluding diaryl/α,β-unsaturated/α-hetero) is 1. The van der Waals surface area contributed by atoms with Gasteiger partial charge in [0.25, 0.3) is 0 Å². The quantitative estimate of drug-likeness (QED) is 0.270. The number of carbonyl (C=O) groups is 1. The van der Waals surface area contributed by atoms with Crippen LogP contribution < -0.4 is 0 Å². The highest BCUT2D eigenvalue weighted by Gasteiger charge is 2.14. The number of rotatable bonds is 10. The van der Waals surface area contributed by atoms with Gasteiger partial charge in [0.05, 0.1) is 0 Å². The van der Waals surface area contributed by atoms with E-state index in [1.54, 1.807) is 0 Å². The van der Waals surface area contributed by atoms with Crippen molar-refractivity contribution in [3.63, 3.8) is 0 Å². The Hall–Kier alpha value is -2.41. The fourth-order valence-electron chi connectivity index (χ4n) is 4.49. The normalized spacial score (nSPS) is 11.5. The van der Waals surface area contributed by atoms with Crippen molar-refractivity contribution in [2.24, 2.45) is 0 Å². The Morgan fingerprint density at radius 1 is 0.700 bits per heavy atom. The molecule has 1 nitrogen and oxygen atoms in total. The van der Waals surface area contributed by atoms with Crippen LogP contribution in [0.2, 0.25) is 0 Å². The lowest BCUT2D eigenvalue weighted by Gasteiger charge is -2.12. The van der Waals surface area contributed by atoms with Crippen molar-refractivity contribution < 1.29 is 4.79 Å². The molecular formula is C39H64O. The van der Waals surface area contributed by atoms with Crippen LogP contribution in [-0.4, -0.2) is 5.78 Å². The smallest absolute Gasteiger partial charge is 0.167 e. The molecule has 0 fully saturated rings. The molecule has 0 bridgehead atoms. The van der Waals surface area contributed by atoms with Gasteiger partial charge >= 0.3 is 0 Å². The van der Waals surface area contributed by atoms with Crippen molar-refractivity contribution in [3.05, 3.63) is 93.1 Å². The van der Waals surface area contributed by atoms with Crippen LogP contribution in [0.1, 0.15) is 140 Å². The lowest BCUT2D eigenvalue weighted by atomic mass is 9.92. The second-order valence-corrected chi connectivity index (χ2v) is 10.1. The van der Waals surface area contributed by atoms with Gasteiger partial charge in [-0.05, 0) is 88.1 Å². The summed E-state index contributed by atoms with van der Waals surface area (Å²) < 4.78 is 0. The number of hydrogen-bond donors (Lipinski definition) is 0. The van der Waals surface area contributed by atoms with E-state index in [9.17, 15) is 4.79 Å². The van der Waals surface area contributed by atoms with Crippen LogP contribution in [0.15, 0.2) is 59.7 Å². The average Bonchev–Trinajstić information content (AvgIpc) is 2.98. The number of hydrogen-bond acceptors (Lipinski definition) is 1. The Bertz CT molecular complexity index is 990. The number of carbonyl (C=O) groups excluding carboxylic acids is 1. The first-order chi connectivity index (χ1) is 19.3. The summed E-state index contributed by atoms with van der Waals surface area (Å²) in [5.74, 6) is 0.246. The van der Waals surface area contributed by atoms with E-state index in [1.165, 1.54) is 78.3 Å². The van der Waals surface area contributed by atoms with Gasteiger partial charge in [0.2, 0.25) is 0 Å². The van der Waals surface area contributed by atoms with E-state index in [0.717, 1.165) is 24.0 Å². The van der Waals surface area contributed by atoms with E-state index in [4.69, 9.17) is 0 Å². The molecule has 0 saturated carbocycles. The highest BCUT2D eigenvalue weighted by molar-refractivity contribution is 6.00. The molecule has 1 heteroatoms. The topological polar surface area (TPSA) is 17.1 Å². The van der Waals surface area contributed by atoms with Crippen LogP contribution in [0.4, 0.5) is 0 Å². The van der Waals surface area contributed by atoms with Crippen LogP contribution in [0.25, 0.3) is 0 Å². The molecule has 0 radical (unpaired) electrons. The first-order valence-electron chi connectivity index (χ1n) is 16.3. The summed E-state index contributed by atoms with van der Waals surface area (Å²) in [6.45, 7) is 24.9. The van der Waals surface area contributed by atoms with E-state index in [2.05, 4.69) is 84.0 Å². The van der Waals surface area contributed by atoms with E-state index in [1.807, 2.05) is 47.6 Å². The number of ketones is 1. The summed E-state index contributed by atoms with van der Waals surface area (Å²) in [7, 11) is 0. The molecule has 226 valence electrons. The molecule has 0 atom stereocenters. The van der Waals surface area contributed by atoms with Crippen molar-refractivity contribution >= 4 is 5.78 Å². The van der Waals surface area contributed by atoms with Gasteiger partial charge in [0.15, 0.2) is 5.78 Å². The summed E-state index contributed by atoms with van der Waals surface area (Å²) in [6, 6.07) is 13.2. The maximum Gasteiger partial charge on any atom is 0.167 e. The summed E-state index contributed by atoms with van der Waals surface area (Å²) in [4.78, 5) is 12.3. The predicted molar refractivity (Wildman–Crippen MR) is 183 cm³/mol. The maximum absolute atomic E-state index is 12.3. The molecule has 0 unspecified atom stereocenters. The van der Waals surface area contributed by atoms with Gasteiger partial charge in [0.1, 0.15) is 0 Å². The van der Waals surface area contributed by atoms with Crippen molar-refractivity contribution in [1.29, 1.82) is 0 Å². The van der Waals surface area contributed by atoms with Crippen molar-refractivity contribution in [2.75, 3.05) is 0 Å². The van der Waals surface area contributed by atoms with Gasteiger partial charge < -0.3 is 0 Å². The monoisotopic (exact) mass is 548 g/mol. The first kappa shape index (κ1) is 39.7. The minimum atomic E-state index is 0.246. The van der Waals surface area contributed by atoms with Crippen molar-refractivity contribution in [3.8, 4) is 0 Å². The molecule has 0 amide bonds. The molecule has 40 heavy (non-hydrogen) atoms. The SMILES string of the molecule is CC.CC.CC.CC1=C(C(=O)Cc2ccc(C)cc2C)C=CCC1.CCCCCCCCc1ccc(C)c(C)c1. The highest BCUT2D eigenvalue weighted by atomic mass is 16.1. The summed E-state index contributed by atoms with van der Waals surface area (Å²) in [5, 5.41) is 0. The molecule has 0 aromatic heterocycles. The first-order valence-corrected chi connectivity index (χ1v) is 16.3. The third kappa shape index (κ3) is 16.6. The van der Waals surface area contributed by atoms with Crippen LogP contribution in [0, 0.1) is 27.7 Å². The van der Waals surface area contributed by atoms with Gasteiger partial charge in [-0.25, -0.2) is 0 Å². The third-order valence-corrected chi connectivity index (χ3v) is 6.97. The van der Waals surface area contributed by atoms with Gasteiger partial charge in [-0.3, -0.25) is 4.79 Å². The number of aryl methyl sites for hydroxylation is 5. The van der Waals surface area contributed by atoms with Gasteiger partial charge in [-0.2, -0.15) is 0 Å². The summed E-state index contributed by atoms with van der Waals surface area (Å²) in [5.41, 5.74) is 10.1. The zero-order chi connectivity index (χ0) is 30.9. The molecule has 1 aliphatic rings. The molecule has 0 N–H and O–H groups in total. The minimum Gasteiger partial charge on any atom is -0.294 e. The third-order valence-electron chi connectivity index (χ3n) is 6.97. The Balaban J connectivity index is 0. The van der Waals surface area contributed by atoms with E-state index in [-0.39, 0.29) is 5.78 Å². The van der Waals surface area contributed by atoms with Crippen LogP contribution in [0.3, 0.4) is 0 Å². The van der Waals surface area contributed by atoms with Crippen LogP contribution in [0.5, 0.6) is 0 Å². The van der Waals surface area contributed by atoms with Gasteiger partial charge in [-0.1, -0.05) is 140 Å². The highest BCUT2D eigenvalue weighted by Crippen LogP contribution is 2.21. The number of benzene rings is 2. The average molecular weight is 549 g/mol. The molecule has 0 aliphatic heterocycles. The molecule has 0 heterocycles. The van der Waals surface area contributed by atoms with Crippen LogP contribution in [-0.2, 0) is 17.6 Å².